The van der Waals surface area contributed by atoms with E-state index in [-0.39, 0.29) is 98.3 Å². The quantitative estimate of drug-likeness (QED) is 0.0623. The fraction of sp³-hybridized carbons (Fsp3) is 0.542. The maximum atomic E-state index is 14.9. The van der Waals surface area contributed by atoms with Gasteiger partial charge >= 0.3 is 11.6 Å². The van der Waals surface area contributed by atoms with Gasteiger partial charge in [0, 0.05) is 97.1 Å². The van der Waals surface area contributed by atoms with Gasteiger partial charge in [0.2, 0.25) is 5.91 Å². The maximum Gasteiger partial charge on any atom is 0.339 e. The number of amides is 1. The van der Waals surface area contributed by atoms with Gasteiger partial charge in [-0.3, -0.25) is 9.59 Å². The highest BCUT2D eigenvalue weighted by molar-refractivity contribution is 8.77. The van der Waals surface area contributed by atoms with Gasteiger partial charge < -0.3 is 50.5 Å². The first-order valence-corrected chi connectivity index (χ1v) is 24.9. The monoisotopic (exact) mass is 914 g/mol. The van der Waals surface area contributed by atoms with Crippen LogP contribution in [0.3, 0.4) is 0 Å². The van der Waals surface area contributed by atoms with Crippen LogP contribution in [0, 0.1) is 23.7 Å². The van der Waals surface area contributed by atoms with E-state index in [4.69, 9.17) is 19.6 Å². The number of benzene rings is 1. The van der Waals surface area contributed by atoms with E-state index in [0.29, 0.717) is 71.7 Å². The number of ketones is 1. The predicted molar refractivity (Wildman–Crippen MR) is 245 cm³/mol. The van der Waals surface area contributed by atoms with Crippen molar-refractivity contribution in [1.82, 2.24) is 15.5 Å². The average Bonchev–Trinajstić information content (AvgIpc) is 3.63. The number of rotatable bonds is 11. The molecule has 1 aromatic heterocycles. The van der Waals surface area contributed by atoms with Crippen LogP contribution in [0.25, 0.3) is 11.0 Å². The molecule has 2 aromatic rings. The molecule has 342 valence electrons. The van der Waals surface area contributed by atoms with Crippen molar-refractivity contribution in [3.63, 3.8) is 0 Å². The molecule has 0 radical (unpaired) electrons. The summed E-state index contributed by atoms with van der Waals surface area (Å²) in [5, 5.41) is 36.8. The third kappa shape index (κ3) is 7.55. The molecule has 9 rings (SSSR count). The Morgan fingerprint density at radius 1 is 1.19 bits per heavy atom. The van der Waals surface area contributed by atoms with Crippen LogP contribution >= 0.6 is 21.6 Å². The van der Waals surface area contributed by atoms with Gasteiger partial charge in [-0.2, -0.15) is 0 Å². The maximum absolute atomic E-state index is 14.9. The lowest BCUT2D eigenvalue weighted by molar-refractivity contribution is -0.186. The van der Waals surface area contributed by atoms with Crippen LogP contribution in [-0.2, 0) is 32.0 Å². The van der Waals surface area contributed by atoms with Crippen molar-refractivity contribution in [3.8, 4) is 5.75 Å². The molecule has 1 amide bonds. The summed E-state index contributed by atoms with van der Waals surface area (Å²) in [7, 11) is 5.36. The fourth-order valence-corrected chi connectivity index (χ4v) is 14.8. The van der Waals surface area contributed by atoms with Crippen LogP contribution in [-0.4, -0.2) is 112 Å². The summed E-state index contributed by atoms with van der Waals surface area (Å²) in [6.07, 6.45) is 12.1. The summed E-state index contributed by atoms with van der Waals surface area (Å²) in [5.41, 5.74) is 8.08. The lowest BCUT2D eigenvalue weighted by atomic mass is 9.61. The Labute approximate surface area is 380 Å². The molecule has 7 N–H and O–H groups in total. The molecular weight excluding hydrogens is 857 g/mol. The topological polar surface area (TPSA) is 214 Å². The number of nitrogens with two attached hydrogens (primary N) is 1. The van der Waals surface area contributed by atoms with Crippen molar-refractivity contribution < 1.29 is 43.6 Å². The number of esters is 1. The number of dihydropyridines is 1. The fourth-order valence-electron chi connectivity index (χ4n) is 11.8. The molecule has 5 heterocycles. The lowest BCUT2D eigenvalue weighted by Crippen LogP contribution is -2.75. The zero-order valence-corrected chi connectivity index (χ0v) is 38.1. The molecule has 10 atom stereocenters. The molecule has 1 saturated heterocycles. The minimum absolute atomic E-state index is 0.0106. The van der Waals surface area contributed by atoms with Crippen molar-refractivity contribution in [2.24, 2.45) is 29.4 Å². The molecular formula is C48H58N4O10S2. The van der Waals surface area contributed by atoms with Gasteiger partial charge in [0.1, 0.15) is 11.3 Å². The van der Waals surface area contributed by atoms with Crippen molar-refractivity contribution in [1.29, 1.82) is 0 Å². The van der Waals surface area contributed by atoms with Gasteiger partial charge in [-0.15, -0.1) is 0 Å². The first-order chi connectivity index (χ1) is 30.9. The normalized spacial score (nSPS) is 32.4. The third-order valence-electron chi connectivity index (χ3n) is 15.0. The molecule has 64 heavy (non-hydrogen) atoms. The highest BCUT2D eigenvalue weighted by Gasteiger charge is 2.65. The summed E-state index contributed by atoms with van der Waals surface area (Å²) in [5.74, 6) is 0.109. The molecule has 1 aromatic carbocycles. The van der Waals surface area contributed by atoms with Gasteiger partial charge in [0.15, 0.2) is 17.0 Å². The predicted octanol–water partition coefficient (Wildman–Crippen LogP) is 3.76. The second-order valence-corrected chi connectivity index (χ2v) is 21.1. The average molecular weight is 915 g/mol. The Kier molecular flexibility index (Phi) is 12.5. The van der Waals surface area contributed by atoms with E-state index in [0.717, 1.165) is 22.3 Å². The first kappa shape index (κ1) is 44.9. The third-order valence-corrected chi connectivity index (χ3v) is 17.8. The number of ether oxygens (including phenoxy) is 2. The Bertz CT molecular complexity index is 2460. The summed E-state index contributed by atoms with van der Waals surface area (Å²) in [6, 6.07) is 5.21. The number of allylic oxidation sites excluding steroid dienone is 3. The van der Waals surface area contributed by atoms with Crippen LogP contribution < -0.4 is 26.7 Å². The minimum atomic E-state index is -1.31. The number of carbonyl (C=O) groups excluding carboxylic acids is 3. The molecule has 7 aliphatic rings. The zero-order valence-electron chi connectivity index (χ0n) is 36.5. The number of aliphatic hydroxyl groups is 3. The summed E-state index contributed by atoms with van der Waals surface area (Å²) in [6.45, 7) is 3.56. The van der Waals surface area contributed by atoms with E-state index < -0.39 is 28.7 Å². The van der Waals surface area contributed by atoms with Crippen LogP contribution in [0.15, 0.2) is 85.9 Å². The number of aliphatic hydroxyl groups excluding tert-OH is 3. The second kappa shape index (κ2) is 17.8. The number of fused-ring (bicyclic) bond motifs is 7. The molecule has 16 heteroatoms. The van der Waals surface area contributed by atoms with Crippen LogP contribution in [0.5, 0.6) is 5.75 Å². The standard InChI is InChI=1S/C48H58N4O10S2/c1-4-26(10-13-54)46(59)62-47(2)11-9-27-24-63-64-38-18-33-35(56)8-7-34-41(43(33)50-3)44(38)52(34)40(57)17-31-22-51-39(49)19-32(31)42(27)48(47)21-30-16-28-15-29(14-25(23-55)6-5-12-53)45(58)60-36(28)20-37(30)61-48/h4,7-9,15-16,19-20,25,33-34,38,41-44,50-51,53-55H,5-6,10-14,17-18,21-24,49H2,1-3H3. The van der Waals surface area contributed by atoms with Gasteiger partial charge in [0.05, 0.1) is 30.2 Å². The van der Waals surface area contributed by atoms with Crippen LogP contribution in [0.2, 0.25) is 0 Å². The zero-order chi connectivity index (χ0) is 45.1. The van der Waals surface area contributed by atoms with E-state index in [1.165, 1.54) is 0 Å². The Balaban J connectivity index is 1.17. The summed E-state index contributed by atoms with van der Waals surface area (Å²) in [4.78, 5) is 58.0. The van der Waals surface area contributed by atoms with Gasteiger partial charge in [-0.05, 0) is 93.5 Å². The Hall–Kier alpha value is -4.32. The van der Waals surface area contributed by atoms with Crippen molar-refractivity contribution in [2.45, 2.75) is 99.8 Å². The molecule has 10 unspecified atom stereocenters. The number of hydrogen-bond donors (Lipinski definition) is 6. The molecule has 1 spiro atoms. The van der Waals surface area contributed by atoms with Crippen molar-refractivity contribution in [3.05, 3.63) is 98.2 Å². The van der Waals surface area contributed by atoms with Crippen molar-refractivity contribution in [2.75, 3.05) is 39.2 Å². The smallest absolute Gasteiger partial charge is 0.339 e. The molecule has 1 saturated carbocycles. The largest absolute Gasteiger partial charge is 0.481 e. The van der Waals surface area contributed by atoms with E-state index in [1.807, 2.05) is 37.1 Å². The second-order valence-electron chi connectivity index (χ2n) is 18.5. The van der Waals surface area contributed by atoms with Crippen LogP contribution in [0.1, 0.15) is 63.5 Å². The van der Waals surface area contributed by atoms with Gasteiger partial charge in [0.25, 0.3) is 0 Å². The first-order valence-electron chi connectivity index (χ1n) is 22.5. The summed E-state index contributed by atoms with van der Waals surface area (Å²) >= 11 is 0. The molecule has 2 bridgehead atoms. The van der Waals surface area contributed by atoms with E-state index in [9.17, 15) is 34.5 Å². The SMILES string of the molecule is CC=C(CCO)C(=O)OC1(C)CC=C2CSSC3CC4C(=O)C=CC5C(C4NC)C3N5C(=O)CC3=C(C=C(N)NC3)C2C12Cc1cc3cc(CC(CO)CCCO)c(=O)oc3cc1O2. The molecule has 14 nitrogen and oxygen atoms in total. The summed E-state index contributed by atoms with van der Waals surface area (Å²) < 4.78 is 20.0. The number of hydrogen-bond acceptors (Lipinski definition) is 15. The number of nitrogens with one attached hydrogen (secondary N) is 2. The highest BCUT2D eigenvalue weighted by Crippen LogP contribution is 2.59. The molecule has 2 fully saturated rings. The number of carbonyl (C=O) groups is 3. The number of nitrogens with zero attached hydrogens (tertiary/aromatic N) is 1. The minimum Gasteiger partial charge on any atom is -0.481 e. The Morgan fingerprint density at radius 3 is 2.77 bits per heavy atom. The van der Waals surface area contributed by atoms with Gasteiger partial charge in [-0.25, -0.2) is 9.59 Å². The molecule has 4 aliphatic heterocycles. The van der Waals surface area contributed by atoms with E-state index in [1.54, 1.807) is 52.8 Å². The van der Waals surface area contributed by atoms with E-state index in [2.05, 4.69) is 16.7 Å². The highest BCUT2D eigenvalue weighted by atomic mass is 33.1. The molecule has 3 aliphatic carbocycles. The van der Waals surface area contributed by atoms with Crippen molar-refractivity contribution >= 4 is 50.2 Å². The Morgan fingerprint density at radius 2 is 2.02 bits per heavy atom. The van der Waals surface area contributed by atoms with Crippen LogP contribution in [0.4, 0.5) is 0 Å². The lowest BCUT2D eigenvalue weighted by Gasteiger charge is -2.62. The van der Waals surface area contributed by atoms with E-state index >= 15 is 0 Å². The van der Waals surface area contributed by atoms with Gasteiger partial charge in [-0.1, -0.05) is 45.4 Å².